The number of hydrogen-bond acceptors (Lipinski definition) is 3. The number of carbonyl (C=O) groups excluding carboxylic acids is 1. The normalized spacial score (nSPS) is 19.0. The number of anilines is 1. The zero-order valence-corrected chi connectivity index (χ0v) is 8.50. The van der Waals surface area contributed by atoms with E-state index < -0.39 is 0 Å². The first kappa shape index (κ1) is 9.08. The summed E-state index contributed by atoms with van der Waals surface area (Å²) < 4.78 is 1.71. The van der Waals surface area contributed by atoms with Crippen molar-refractivity contribution < 1.29 is 4.79 Å². The predicted molar refractivity (Wildman–Crippen MR) is 57.8 cm³/mol. The second-order valence-electron chi connectivity index (χ2n) is 3.72. The SMILES string of the molecule is O=C1Nc2ncnn2CC1c1ccccc1. The first-order valence-electron chi connectivity index (χ1n) is 5.08. The van der Waals surface area contributed by atoms with Crippen LogP contribution in [0.15, 0.2) is 36.7 Å². The van der Waals surface area contributed by atoms with Gasteiger partial charge in [0.15, 0.2) is 0 Å². The highest BCUT2D eigenvalue weighted by molar-refractivity contribution is 5.95. The minimum absolute atomic E-state index is 0.0216. The third kappa shape index (κ3) is 1.37. The Morgan fingerprint density at radius 3 is 2.94 bits per heavy atom. The number of carbonyl (C=O) groups is 1. The van der Waals surface area contributed by atoms with Crippen LogP contribution in [0.25, 0.3) is 0 Å². The van der Waals surface area contributed by atoms with E-state index in [9.17, 15) is 4.79 Å². The summed E-state index contributed by atoms with van der Waals surface area (Å²) in [6.45, 7) is 0.547. The quantitative estimate of drug-likeness (QED) is 0.770. The molecule has 0 aliphatic carbocycles. The largest absolute Gasteiger partial charge is 0.294 e. The average molecular weight is 214 g/mol. The summed E-state index contributed by atoms with van der Waals surface area (Å²) in [5, 5.41) is 6.80. The molecule has 1 aromatic carbocycles. The number of benzene rings is 1. The van der Waals surface area contributed by atoms with Crippen LogP contribution < -0.4 is 5.32 Å². The third-order valence-electron chi connectivity index (χ3n) is 2.72. The fourth-order valence-corrected chi connectivity index (χ4v) is 1.89. The van der Waals surface area contributed by atoms with Crippen molar-refractivity contribution >= 4 is 11.9 Å². The maximum Gasteiger partial charge on any atom is 0.236 e. The zero-order valence-electron chi connectivity index (χ0n) is 8.50. The predicted octanol–water partition coefficient (Wildman–Crippen LogP) is 1.01. The van der Waals surface area contributed by atoms with E-state index in [2.05, 4.69) is 15.4 Å². The Bertz CT molecular complexity index is 520. The lowest BCUT2D eigenvalue weighted by atomic mass is 9.97. The van der Waals surface area contributed by atoms with Crippen LogP contribution in [0, 0.1) is 0 Å². The first-order chi connectivity index (χ1) is 7.84. The summed E-state index contributed by atoms with van der Waals surface area (Å²) in [6, 6.07) is 9.70. The standard InChI is InChI=1S/C11H10N4O/c16-10-9(8-4-2-1-3-5-8)6-15-11(14-10)12-7-13-15/h1-5,7,9H,6H2,(H,12,13,14,16). The highest BCUT2D eigenvalue weighted by atomic mass is 16.2. The Balaban J connectivity index is 1.97. The molecule has 5 nitrogen and oxygen atoms in total. The molecule has 2 heterocycles. The molecule has 1 N–H and O–H groups in total. The van der Waals surface area contributed by atoms with Crippen molar-refractivity contribution in [3.05, 3.63) is 42.2 Å². The number of hydrogen-bond donors (Lipinski definition) is 1. The topological polar surface area (TPSA) is 59.8 Å². The highest BCUT2D eigenvalue weighted by Gasteiger charge is 2.28. The second kappa shape index (κ2) is 3.44. The fraction of sp³-hybridized carbons (Fsp3) is 0.182. The van der Waals surface area contributed by atoms with E-state index in [1.165, 1.54) is 6.33 Å². The van der Waals surface area contributed by atoms with E-state index in [1.54, 1.807) is 4.68 Å². The second-order valence-corrected chi connectivity index (χ2v) is 3.72. The van der Waals surface area contributed by atoms with Crippen molar-refractivity contribution in [2.24, 2.45) is 0 Å². The lowest BCUT2D eigenvalue weighted by molar-refractivity contribution is -0.118. The molecule has 0 radical (unpaired) electrons. The molecule has 5 heteroatoms. The molecule has 1 amide bonds. The molecule has 3 rings (SSSR count). The summed E-state index contributed by atoms with van der Waals surface area (Å²) in [6.07, 6.45) is 1.45. The van der Waals surface area contributed by atoms with Crippen molar-refractivity contribution in [1.29, 1.82) is 0 Å². The van der Waals surface area contributed by atoms with E-state index in [1.807, 2.05) is 30.3 Å². The Morgan fingerprint density at radius 1 is 1.31 bits per heavy atom. The molecule has 0 saturated carbocycles. The van der Waals surface area contributed by atoms with Crippen LogP contribution in [0.3, 0.4) is 0 Å². The van der Waals surface area contributed by atoms with Gasteiger partial charge in [0.25, 0.3) is 0 Å². The van der Waals surface area contributed by atoms with Gasteiger partial charge in [0.1, 0.15) is 6.33 Å². The van der Waals surface area contributed by atoms with E-state index in [-0.39, 0.29) is 11.8 Å². The van der Waals surface area contributed by atoms with Gasteiger partial charge in [-0.15, -0.1) is 0 Å². The lowest BCUT2D eigenvalue weighted by Crippen LogP contribution is -2.32. The van der Waals surface area contributed by atoms with Crippen LogP contribution in [0.4, 0.5) is 5.95 Å². The molecule has 1 aliphatic heterocycles. The molecule has 1 aliphatic rings. The minimum atomic E-state index is -0.185. The molecule has 2 aromatic rings. The lowest BCUT2D eigenvalue weighted by Gasteiger charge is -2.22. The summed E-state index contributed by atoms with van der Waals surface area (Å²) in [5.41, 5.74) is 1.00. The molecule has 0 spiro atoms. The van der Waals surface area contributed by atoms with Crippen LogP contribution in [0.1, 0.15) is 11.5 Å². The summed E-state index contributed by atoms with van der Waals surface area (Å²) in [4.78, 5) is 15.8. The van der Waals surface area contributed by atoms with Crippen molar-refractivity contribution in [2.45, 2.75) is 12.5 Å². The van der Waals surface area contributed by atoms with Crippen molar-refractivity contribution in [1.82, 2.24) is 14.8 Å². The number of aromatic nitrogens is 3. The van der Waals surface area contributed by atoms with Gasteiger partial charge in [-0.3, -0.25) is 10.1 Å². The maximum atomic E-state index is 11.9. The van der Waals surface area contributed by atoms with Crippen LogP contribution in [0.5, 0.6) is 0 Å². The van der Waals surface area contributed by atoms with Crippen LogP contribution in [-0.2, 0) is 11.3 Å². The summed E-state index contributed by atoms with van der Waals surface area (Å²) in [5.74, 6) is 0.319. The number of nitrogens with one attached hydrogen (secondary N) is 1. The fourth-order valence-electron chi connectivity index (χ4n) is 1.89. The first-order valence-corrected chi connectivity index (χ1v) is 5.08. The number of nitrogens with zero attached hydrogens (tertiary/aromatic N) is 3. The Kier molecular flexibility index (Phi) is 1.96. The Morgan fingerprint density at radius 2 is 2.12 bits per heavy atom. The Hall–Kier alpha value is -2.17. The van der Waals surface area contributed by atoms with Crippen molar-refractivity contribution in [2.75, 3.05) is 5.32 Å². The molecule has 1 aromatic heterocycles. The van der Waals surface area contributed by atoms with E-state index in [0.29, 0.717) is 12.5 Å². The average Bonchev–Trinajstić information content (AvgIpc) is 2.76. The zero-order chi connectivity index (χ0) is 11.0. The van der Waals surface area contributed by atoms with Crippen LogP contribution in [0.2, 0.25) is 0 Å². The third-order valence-corrected chi connectivity index (χ3v) is 2.72. The van der Waals surface area contributed by atoms with E-state index >= 15 is 0 Å². The van der Waals surface area contributed by atoms with Gasteiger partial charge in [-0.2, -0.15) is 10.1 Å². The van der Waals surface area contributed by atoms with Gasteiger partial charge in [-0.1, -0.05) is 30.3 Å². The van der Waals surface area contributed by atoms with Gasteiger partial charge in [-0.25, -0.2) is 4.68 Å². The van der Waals surface area contributed by atoms with Gasteiger partial charge in [0, 0.05) is 0 Å². The van der Waals surface area contributed by atoms with Crippen LogP contribution >= 0.6 is 0 Å². The van der Waals surface area contributed by atoms with E-state index in [4.69, 9.17) is 0 Å². The molecule has 0 fully saturated rings. The summed E-state index contributed by atoms with van der Waals surface area (Å²) >= 11 is 0. The Labute approximate surface area is 92.1 Å². The molecule has 0 bridgehead atoms. The number of rotatable bonds is 1. The number of fused-ring (bicyclic) bond motifs is 1. The molecular weight excluding hydrogens is 204 g/mol. The molecule has 16 heavy (non-hydrogen) atoms. The van der Waals surface area contributed by atoms with Gasteiger partial charge < -0.3 is 0 Å². The molecule has 1 unspecified atom stereocenters. The van der Waals surface area contributed by atoms with Gasteiger partial charge in [0.2, 0.25) is 11.9 Å². The van der Waals surface area contributed by atoms with E-state index in [0.717, 1.165) is 5.56 Å². The smallest absolute Gasteiger partial charge is 0.236 e. The summed E-state index contributed by atoms with van der Waals surface area (Å²) in [7, 11) is 0. The van der Waals surface area contributed by atoms with Gasteiger partial charge in [0.05, 0.1) is 12.5 Å². The molecular formula is C11H10N4O. The van der Waals surface area contributed by atoms with Crippen molar-refractivity contribution in [3.8, 4) is 0 Å². The molecule has 80 valence electrons. The van der Waals surface area contributed by atoms with Gasteiger partial charge >= 0.3 is 0 Å². The maximum absolute atomic E-state index is 11.9. The molecule has 0 saturated heterocycles. The molecule has 1 atom stereocenters. The monoisotopic (exact) mass is 214 g/mol. The van der Waals surface area contributed by atoms with Crippen LogP contribution in [-0.4, -0.2) is 20.7 Å². The van der Waals surface area contributed by atoms with Gasteiger partial charge in [-0.05, 0) is 5.56 Å². The highest BCUT2D eigenvalue weighted by Crippen LogP contribution is 2.24. The van der Waals surface area contributed by atoms with Crippen molar-refractivity contribution in [3.63, 3.8) is 0 Å². The number of amides is 1. The minimum Gasteiger partial charge on any atom is -0.294 e.